The molecule has 2 aliphatic heterocycles. The average Bonchev–Trinajstić information content (AvgIpc) is 2.85. The smallest absolute Gasteiger partial charge is 0.410 e. The van der Waals surface area contributed by atoms with E-state index in [1.54, 1.807) is 11.0 Å². The summed E-state index contributed by atoms with van der Waals surface area (Å²) in [7, 11) is 0. The number of nitrogens with zero attached hydrogens (tertiary/aromatic N) is 5. The first-order valence-corrected chi connectivity index (χ1v) is 13.5. The van der Waals surface area contributed by atoms with Gasteiger partial charge in [-0.25, -0.2) is 4.79 Å². The number of carbonyl (C=O) groups excluding carboxylic acids is 3. The Morgan fingerprint density at radius 1 is 1.05 bits per heavy atom. The highest BCUT2D eigenvalue weighted by atomic mass is 35.5. The molecule has 1 aromatic heterocycles. The average molecular weight is 597 g/mol. The predicted octanol–water partition coefficient (Wildman–Crippen LogP) is 6.10. The van der Waals surface area contributed by atoms with Crippen LogP contribution >= 0.6 is 34.8 Å². The molecule has 0 atom stereocenters. The Labute approximate surface area is 241 Å². The van der Waals surface area contributed by atoms with Crippen LogP contribution in [0.25, 0.3) is 0 Å². The number of rotatable bonds is 5. The molecule has 0 saturated carbocycles. The van der Waals surface area contributed by atoms with E-state index >= 15 is 0 Å². The minimum Gasteiger partial charge on any atom is -0.444 e. The van der Waals surface area contributed by atoms with Crippen molar-refractivity contribution < 1.29 is 23.9 Å². The molecule has 39 heavy (non-hydrogen) atoms. The van der Waals surface area contributed by atoms with Gasteiger partial charge in [0.25, 0.3) is 5.91 Å². The first-order chi connectivity index (χ1) is 18.3. The van der Waals surface area contributed by atoms with Crippen molar-refractivity contribution in [3.05, 3.63) is 39.0 Å². The number of anilines is 1. The van der Waals surface area contributed by atoms with E-state index in [1.807, 2.05) is 20.8 Å². The van der Waals surface area contributed by atoms with Crippen molar-refractivity contribution in [3.63, 3.8) is 0 Å². The molecule has 2 amide bonds. The third-order valence-electron chi connectivity index (χ3n) is 6.21. The Balaban J connectivity index is 1.44. The van der Waals surface area contributed by atoms with Gasteiger partial charge >= 0.3 is 6.09 Å². The van der Waals surface area contributed by atoms with E-state index in [-0.39, 0.29) is 56.8 Å². The maximum Gasteiger partial charge on any atom is 0.410 e. The van der Waals surface area contributed by atoms with Gasteiger partial charge in [-0.3, -0.25) is 9.59 Å². The number of Topliss-reactive ketones (excluding diaryl/α,β-unsaturated/α-hetero) is 1. The normalized spacial score (nSPS) is 16.8. The summed E-state index contributed by atoms with van der Waals surface area (Å²) in [6, 6.07) is 4.62. The molecule has 1 saturated heterocycles. The second-order valence-corrected chi connectivity index (χ2v) is 11.6. The summed E-state index contributed by atoms with van der Waals surface area (Å²) < 4.78 is 11.3. The minimum atomic E-state index is -0.537. The molecule has 3 heterocycles. The zero-order valence-corrected chi connectivity index (χ0v) is 24.2. The van der Waals surface area contributed by atoms with Crippen molar-refractivity contribution in [1.82, 2.24) is 15.1 Å². The van der Waals surface area contributed by atoms with Gasteiger partial charge in [0.1, 0.15) is 11.3 Å². The number of amides is 2. The fourth-order valence-corrected chi connectivity index (χ4v) is 4.94. The largest absolute Gasteiger partial charge is 0.444 e. The number of hydrazone groups is 1. The van der Waals surface area contributed by atoms with E-state index in [4.69, 9.17) is 44.3 Å². The number of aromatic nitrogens is 2. The maximum absolute atomic E-state index is 12.3. The maximum atomic E-state index is 12.3. The highest BCUT2D eigenvalue weighted by molar-refractivity contribution is 6.44. The number of piperidine rings is 1. The molecule has 10 nitrogen and oxygen atoms in total. The van der Waals surface area contributed by atoms with Crippen LogP contribution in [-0.2, 0) is 20.7 Å². The molecule has 208 valence electrons. The van der Waals surface area contributed by atoms with Crippen LogP contribution in [-0.4, -0.2) is 57.3 Å². The summed E-state index contributed by atoms with van der Waals surface area (Å²) in [4.78, 5) is 38.1. The zero-order chi connectivity index (χ0) is 28.5. The highest BCUT2D eigenvalue weighted by Crippen LogP contribution is 2.40. The number of likely N-dealkylation sites (tertiary alicyclic amines) is 1. The van der Waals surface area contributed by atoms with E-state index in [9.17, 15) is 14.4 Å². The second kappa shape index (κ2) is 11.7. The summed E-state index contributed by atoms with van der Waals surface area (Å²) in [5, 5.41) is 13.6. The molecule has 0 aliphatic carbocycles. The van der Waals surface area contributed by atoms with Crippen molar-refractivity contribution >= 4 is 64.0 Å². The Morgan fingerprint density at radius 3 is 2.31 bits per heavy atom. The Hall–Kier alpha value is -2.95. The third kappa shape index (κ3) is 7.17. The predicted molar refractivity (Wildman–Crippen MR) is 148 cm³/mol. The van der Waals surface area contributed by atoms with Crippen LogP contribution in [0.1, 0.15) is 52.5 Å². The van der Waals surface area contributed by atoms with Crippen LogP contribution in [0.3, 0.4) is 0 Å². The number of carbonyl (C=O) groups is 3. The lowest BCUT2D eigenvalue weighted by atomic mass is 9.91. The number of hydrogen-bond acceptors (Lipinski definition) is 8. The van der Waals surface area contributed by atoms with E-state index in [1.165, 1.54) is 19.1 Å². The molecule has 13 heteroatoms. The van der Waals surface area contributed by atoms with Crippen molar-refractivity contribution in [3.8, 4) is 11.6 Å². The number of ether oxygens (including phenoxy) is 2. The Bertz CT molecular complexity index is 1310. The Morgan fingerprint density at radius 2 is 1.69 bits per heavy atom. The molecule has 1 aromatic carbocycles. The van der Waals surface area contributed by atoms with Gasteiger partial charge in [0.2, 0.25) is 5.88 Å². The fourth-order valence-electron chi connectivity index (χ4n) is 4.22. The summed E-state index contributed by atoms with van der Waals surface area (Å²) in [5.74, 6) is -0.277. The summed E-state index contributed by atoms with van der Waals surface area (Å²) in [6.45, 7) is 8.25. The molecule has 2 aliphatic rings. The van der Waals surface area contributed by atoms with Gasteiger partial charge in [-0.05, 0) is 70.6 Å². The molecule has 1 fully saturated rings. The summed E-state index contributed by atoms with van der Waals surface area (Å²) >= 11 is 19.2. The van der Waals surface area contributed by atoms with Crippen LogP contribution < -0.4 is 9.75 Å². The van der Waals surface area contributed by atoms with Crippen LogP contribution in [0.15, 0.2) is 23.3 Å². The van der Waals surface area contributed by atoms with Gasteiger partial charge in [0.15, 0.2) is 16.7 Å². The first kappa shape index (κ1) is 29.0. The lowest BCUT2D eigenvalue weighted by molar-refractivity contribution is -0.124. The van der Waals surface area contributed by atoms with Crippen molar-refractivity contribution in [2.45, 2.75) is 59.0 Å². The van der Waals surface area contributed by atoms with Crippen LogP contribution in [0.2, 0.25) is 15.2 Å². The van der Waals surface area contributed by atoms with Crippen molar-refractivity contribution in [2.75, 3.05) is 18.1 Å². The molecular formula is C26H28Cl3N5O5. The standard InChI is InChI=1S/C26H28Cl3N5O5/c1-14-20(35)13-22(36)34(32-14)17-11-18(27)23(19(28)12-17)38-21-10-16(24(29)31-30-21)9-15-5-7-33(8-6-15)25(37)39-26(2,3)4/h10-12,15H,5-9,13H2,1-4H3. The quantitative estimate of drug-likeness (QED) is 0.383. The molecule has 4 rings (SSSR count). The van der Waals surface area contributed by atoms with Crippen molar-refractivity contribution in [2.24, 2.45) is 11.0 Å². The Kier molecular flexibility index (Phi) is 8.68. The highest BCUT2D eigenvalue weighted by Gasteiger charge is 2.29. The molecule has 0 spiro atoms. The number of ketones is 1. The van der Waals surface area contributed by atoms with Gasteiger partial charge in [0, 0.05) is 19.2 Å². The van der Waals surface area contributed by atoms with Crippen LogP contribution in [0.5, 0.6) is 11.6 Å². The van der Waals surface area contributed by atoms with E-state index < -0.39 is 11.5 Å². The summed E-state index contributed by atoms with van der Waals surface area (Å²) in [5.41, 5.74) is 0.719. The molecule has 0 radical (unpaired) electrons. The van der Waals surface area contributed by atoms with E-state index in [0.717, 1.165) is 23.4 Å². The fraction of sp³-hybridized carbons (Fsp3) is 0.462. The van der Waals surface area contributed by atoms with E-state index in [2.05, 4.69) is 15.3 Å². The lowest BCUT2D eigenvalue weighted by Gasteiger charge is -2.33. The monoisotopic (exact) mass is 595 g/mol. The first-order valence-electron chi connectivity index (χ1n) is 12.4. The van der Waals surface area contributed by atoms with Gasteiger partial charge in [-0.1, -0.05) is 34.8 Å². The van der Waals surface area contributed by atoms with Gasteiger partial charge in [-0.15, -0.1) is 10.2 Å². The number of halogens is 3. The topological polar surface area (TPSA) is 114 Å². The van der Waals surface area contributed by atoms with Crippen LogP contribution in [0.4, 0.5) is 10.5 Å². The van der Waals surface area contributed by atoms with Gasteiger partial charge in [-0.2, -0.15) is 10.1 Å². The van der Waals surface area contributed by atoms with Crippen molar-refractivity contribution in [1.29, 1.82) is 0 Å². The molecular weight excluding hydrogens is 569 g/mol. The van der Waals surface area contributed by atoms with E-state index in [0.29, 0.717) is 25.2 Å². The third-order valence-corrected chi connectivity index (χ3v) is 7.09. The number of hydrogen-bond donors (Lipinski definition) is 0. The summed E-state index contributed by atoms with van der Waals surface area (Å²) in [6.07, 6.45) is 1.61. The number of benzene rings is 1. The molecule has 0 N–H and O–H groups in total. The van der Waals surface area contributed by atoms with Gasteiger partial charge < -0.3 is 14.4 Å². The molecule has 0 unspecified atom stereocenters. The lowest BCUT2D eigenvalue weighted by Crippen LogP contribution is -2.42. The molecule has 2 aromatic rings. The second-order valence-electron chi connectivity index (χ2n) is 10.4. The van der Waals surface area contributed by atoms with Crippen LogP contribution in [0, 0.1) is 5.92 Å². The zero-order valence-electron chi connectivity index (χ0n) is 22.0. The van der Waals surface area contributed by atoms with Gasteiger partial charge in [0.05, 0.1) is 22.2 Å². The SMILES string of the molecule is CC1=NN(c2cc(Cl)c(Oc3cc(CC4CCN(C(=O)OC(C)(C)C)CC4)c(Cl)nn3)c(Cl)c2)C(=O)CC1=O. The minimum absolute atomic E-state index is 0.114. The molecule has 0 bridgehead atoms.